The van der Waals surface area contributed by atoms with Gasteiger partial charge in [-0.3, -0.25) is 9.78 Å². The van der Waals surface area contributed by atoms with Gasteiger partial charge in [0.05, 0.1) is 7.11 Å². The minimum Gasteiger partial charge on any atom is -0.497 e. The third-order valence-electron chi connectivity index (χ3n) is 3.29. The Morgan fingerprint density at radius 3 is 2.86 bits per heavy atom. The first-order valence-corrected chi connectivity index (χ1v) is 6.55. The van der Waals surface area contributed by atoms with Gasteiger partial charge >= 0.3 is 0 Å². The number of aromatic nitrogens is 2. The van der Waals surface area contributed by atoms with Gasteiger partial charge in [0.1, 0.15) is 5.75 Å². The summed E-state index contributed by atoms with van der Waals surface area (Å²) in [5, 5.41) is 0. The van der Waals surface area contributed by atoms with Crippen molar-refractivity contribution < 1.29 is 9.53 Å². The number of hydrogen-bond acceptors (Lipinski definition) is 3. The molecule has 4 nitrogen and oxygen atoms in total. The molecule has 0 spiro atoms. The molecule has 0 amide bonds. The molecule has 0 bridgehead atoms. The van der Waals surface area contributed by atoms with E-state index in [1.54, 1.807) is 37.8 Å². The Bertz CT molecular complexity index is 763. The first kappa shape index (κ1) is 13.1. The quantitative estimate of drug-likeness (QED) is 0.745. The number of aromatic amines is 1. The molecule has 0 aliphatic heterocycles. The summed E-state index contributed by atoms with van der Waals surface area (Å²) in [7, 11) is 1.62. The largest absolute Gasteiger partial charge is 0.497 e. The van der Waals surface area contributed by atoms with Crippen LogP contribution in [-0.2, 0) is 0 Å². The number of H-pyrrole nitrogens is 1. The first-order valence-electron chi connectivity index (χ1n) is 6.55. The summed E-state index contributed by atoms with van der Waals surface area (Å²) in [6.45, 7) is 0. The lowest BCUT2D eigenvalue weighted by Crippen LogP contribution is -2.01. The predicted octanol–water partition coefficient (Wildman–Crippen LogP) is 3.32. The molecule has 4 heteroatoms. The number of pyridine rings is 1. The SMILES string of the molecule is COc1cccc(-c2c[nH]cc2C(=O)c2cccnc2)c1. The molecule has 0 unspecified atom stereocenters. The van der Waals surface area contributed by atoms with Crippen LogP contribution in [0.1, 0.15) is 15.9 Å². The normalized spacial score (nSPS) is 10.3. The van der Waals surface area contributed by atoms with Crippen molar-refractivity contribution in [3.8, 4) is 16.9 Å². The molecule has 0 atom stereocenters. The molecule has 1 aromatic carbocycles. The van der Waals surface area contributed by atoms with Gasteiger partial charge in [-0.2, -0.15) is 0 Å². The average molecular weight is 278 g/mol. The number of rotatable bonds is 4. The maximum absolute atomic E-state index is 12.6. The molecule has 0 fully saturated rings. The van der Waals surface area contributed by atoms with E-state index in [4.69, 9.17) is 4.74 Å². The van der Waals surface area contributed by atoms with Gasteiger partial charge in [-0.15, -0.1) is 0 Å². The van der Waals surface area contributed by atoms with E-state index in [2.05, 4.69) is 9.97 Å². The van der Waals surface area contributed by atoms with Gasteiger partial charge in [-0.05, 0) is 29.8 Å². The van der Waals surface area contributed by atoms with Crippen molar-refractivity contribution in [2.75, 3.05) is 7.11 Å². The van der Waals surface area contributed by atoms with E-state index >= 15 is 0 Å². The van der Waals surface area contributed by atoms with E-state index in [0.29, 0.717) is 11.1 Å². The Morgan fingerprint density at radius 1 is 1.19 bits per heavy atom. The number of carbonyl (C=O) groups excluding carboxylic acids is 1. The highest BCUT2D eigenvalue weighted by Gasteiger charge is 2.16. The standard InChI is InChI=1S/C17H14N2O2/c1-21-14-6-2-4-12(8-14)15-10-19-11-16(15)17(20)13-5-3-7-18-9-13/h2-11,19H,1H3. The average Bonchev–Trinajstić information content (AvgIpc) is 3.04. The van der Waals surface area contributed by atoms with E-state index in [0.717, 1.165) is 16.9 Å². The van der Waals surface area contributed by atoms with Crippen LogP contribution in [-0.4, -0.2) is 22.9 Å². The van der Waals surface area contributed by atoms with E-state index in [9.17, 15) is 4.79 Å². The van der Waals surface area contributed by atoms with Crippen LogP contribution in [0.15, 0.2) is 61.2 Å². The Morgan fingerprint density at radius 2 is 2.10 bits per heavy atom. The zero-order valence-corrected chi connectivity index (χ0v) is 11.5. The van der Waals surface area contributed by atoms with Gasteiger partial charge in [-0.25, -0.2) is 0 Å². The summed E-state index contributed by atoms with van der Waals surface area (Å²) in [4.78, 5) is 19.6. The molecule has 1 N–H and O–H groups in total. The van der Waals surface area contributed by atoms with Crippen LogP contribution in [0.25, 0.3) is 11.1 Å². The van der Waals surface area contributed by atoms with Crippen molar-refractivity contribution in [2.45, 2.75) is 0 Å². The van der Waals surface area contributed by atoms with E-state index < -0.39 is 0 Å². The summed E-state index contributed by atoms with van der Waals surface area (Å²) in [6, 6.07) is 11.1. The molecule has 3 aromatic rings. The second-order valence-corrected chi connectivity index (χ2v) is 4.59. The monoisotopic (exact) mass is 278 g/mol. The van der Waals surface area contributed by atoms with Crippen LogP contribution in [0.2, 0.25) is 0 Å². The molecule has 104 valence electrons. The Labute approximate surface area is 122 Å². The molecule has 0 aliphatic carbocycles. The van der Waals surface area contributed by atoms with Crippen LogP contribution < -0.4 is 4.74 Å². The minimum absolute atomic E-state index is 0.0535. The third kappa shape index (κ3) is 2.56. The van der Waals surface area contributed by atoms with Gasteiger partial charge in [0.15, 0.2) is 5.78 Å². The lowest BCUT2D eigenvalue weighted by molar-refractivity contribution is 0.103. The molecule has 0 aliphatic rings. The second-order valence-electron chi connectivity index (χ2n) is 4.59. The van der Waals surface area contributed by atoms with Gasteiger partial charge < -0.3 is 9.72 Å². The topological polar surface area (TPSA) is 55.0 Å². The van der Waals surface area contributed by atoms with E-state index in [1.807, 2.05) is 30.5 Å². The van der Waals surface area contributed by atoms with Gasteiger partial charge in [-0.1, -0.05) is 12.1 Å². The lowest BCUT2D eigenvalue weighted by Gasteiger charge is -2.06. The molecular formula is C17H14N2O2. The zero-order chi connectivity index (χ0) is 14.7. The number of nitrogens with zero attached hydrogens (tertiary/aromatic N) is 1. The number of nitrogens with one attached hydrogen (secondary N) is 1. The number of benzene rings is 1. The fourth-order valence-electron chi connectivity index (χ4n) is 2.23. The molecule has 0 saturated carbocycles. The van der Waals surface area contributed by atoms with Crippen LogP contribution in [0.5, 0.6) is 5.75 Å². The van der Waals surface area contributed by atoms with Crippen LogP contribution >= 0.6 is 0 Å². The van der Waals surface area contributed by atoms with Gasteiger partial charge in [0.2, 0.25) is 0 Å². The Balaban J connectivity index is 2.03. The lowest BCUT2D eigenvalue weighted by atomic mass is 9.99. The summed E-state index contributed by atoms with van der Waals surface area (Å²) in [6.07, 6.45) is 6.75. The Hall–Kier alpha value is -2.88. The van der Waals surface area contributed by atoms with Gasteiger partial charge in [0, 0.05) is 41.5 Å². The predicted molar refractivity (Wildman–Crippen MR) is 80.5 cm³/mol. The van der Waals surface area contributed by atoms with Crippen molar-refractivity contribution in [3.63, 3.8) is 0 Å². The molecule has 3 rings (SSSR count). The fourth-order valence-corrected chi connectivity index (χ4v) is 2.23. The number of methoxy groups -OCH3 is 1. The van der Waals surface area contributed by atoms with Crippen molar-refractivity contribution in [3.05, 3.63) is 72.3 Å². The first-order chi connectivity index (χ1) is 10.3. The molecule has 21 heavy (non-hydrogen) atoms. The fraction of sp³-hybridized carbons (Fsp3) is 0.0588. The van der Waals surface area contributed by atoms with Crippen LogP contribution in [0.3, 0.4) is 0 Å². The van der Waals surface area contributed by atoms with Crippen molar-refractivity contribution in [1.82, 2.24) is 9.97 Å². The highest BCUT2D eigenvalue weighted by Crippen LogP contribution is 2.28. The highest BCUT2D eigenvalue weighted by atomic mass is 16.5. The zero-order valence-electron chi connectivity index (χ0n) is 11.5. The molecular weight excluding hydrogens is 264 g/mol. The van der Waals surface area contributed by atoms with Gasteiger partial charge in [0.25, 0.3) is 0 Å². The molecule has 0 radical (unpaired) electrons. The molecule has 2 heterocycles. The minimum atomic E-state index is -0.0535. The van der Waals surface area contributed by atoms with E-state index in [1.165, 1.54) is 0 Å². The van der Waals surface area contributed by atoms with Crippen molar-refractivity contribution in [1.29, 1.82) is 0 Å². The second kappa shape index (κ2) is 5.63. The van der Waals surface area contributed by atoms with Crippen LogP contribution in [0, 0.1) is 0 Å². The molecule has 0 saturated heterocycles. The summed E-state index contributed by atoms with van der Waals surface area (Å²) in [5.41, 5.74) is 2.98. The summed E-state index contributed by atoms with van der Waals surface area (Å²) in [5.74, 6) is 0.704. The maximum Gasteiger partial charge on any atom is 0.196 e. The Kier molecular flexibility index (Phi) is 3.51. The van der Waals surface area contributed by atoms with Crippen LogP contribution in [0.4, 0.5) is 0 Å². The number of hydrogen-bond donors (Lipinski definition) is 1. The summed E-state index contributed by atoms with van der Waals surface area (Å²) >= 11 is 0. The number of ether oxygens (including phenoxy) is 1. The van der Waals surface area contributed by atoms with Crippen molar-refractivity contribution >= 4 is 5.78 Å². The maximum atomic E-state index is 12.6. The number of carbonyl (C=O) groups is 1. The summed E-state index contributed by atoms with van der Waals surface area (Å²) < 4.78 is 5.23. The number of ketones is 1. The van der Waals surface area contributed by atoms with E-state index in [-0.39, 0.29) is 5.78 Å². The third-order valence-corrected chi connectivity index (χ3v) is 3.29. The molecule has 2 aromatic heterocycles. The highest BCUT2D eigenvalue weighted by molar-refractivity contribution is 6.12. The smallest absolute Gasteiger partial charge is 0.196 e. The van der Waals surface area contributed by atoms with Crippen molar-refractivity contribution in [2.24, 2.45) is 0 Å².